The number of sulfonamides is 1. The topological polar surface area (TPSA) is 104 Å². The summed E-state index contributed by atoms with van der Waals surface area (Å²) in [5.74, 6) is -1.81. The van der Waals surface area contributed by atoms with E-state index < -0.39 is 21.9 Å². The van der Waals surface area contributed by atoms with Crippen molar-refractivity contribution in [3.8, 4) is 0 Å². The normalized spacial score (nSPS) is 20.5. The van der Waals surface area contributed by atoms with Gasteiger partial charge in [0.2, 0.25) is 15.9 Å². The van der Waals surface area contributed by atoms with Gasteiger partial charge in [0.1, 0.15) is 0 Å². The number of carboxylic acids is 1. The number of hydrogen-bond donors (Lipinski definition) is 2. The minimum Gasteiger partial charge on any atom is -0.481 e. The summed E-state index contributed by atoms with van der Waals surface area (Å²) in [6, 6.07) is 0. The summed E-state index contributed by atoms with van der Waals surface area (Å²) in [4.78, 5) is 21.9. The van der Waals surface area contributed by atoms with Crippen LogP contribution < -0.4 is 5.32 Å². The highest BCUT2D eigenvalue weighted by atomic mass is 32.2. The molecule has 0 aromatic rings. The molecule has 2 N–H and O–H groups in total. The molecule has 104 valence electrons. The standard InChI is InChI=1S/C10H18N2O5S/c1-8(10(14)15)7-11-9(13)3-5-12-4-2-6-18(12,16)17/h8H,2-7H2,1H3,(H,11,13)(H,14,15). The van der Waals surface area contributed by atoms with Crippen LogP contribution in [0.15, 0.2) is 0 Å². The molecule has 1 heterocycles. The lowest BCUT2D eigenvalue weighted by Gasteiger charge is -2.14. The summed E-state index contributed by atoms with van der Waals surface area (Å²) in [5, 5.41) is 11.1. The zero-order valence-electron chi connectivity index (χ0n) is 10.3. The second kappa shape index (κ2) is 6.14. The Morgan fingerprint density at radius 3 is 2.61 bits per heavy atom. The maximum Gasteiger partial charge on any atom is 0.308 e. The molecule has 0 radical (unpaired) electrons. The van der Waals surface area contributed by atoms with Crippen molar-refractivity contribution >= 4 is 21.9 Å². The van der Waals surface area contributed by atoms with Crippen LogP contribution in [-0.4, -0.2) is 55.1 Å². The second-order valence-electron chi connectivity index (χ2n) is 4.36. The minimum atomic E-state index is -3.17. The van der Waals surface area contributed by atoms with Crippen molar-refractivity contribution in [2.45, 2.75) is 19.8 Å². The first kappa shape index (κ1) is 14.9. The summed E-state index contributed by atoms with van der Waals surface area (Å²) in [6.07, 6.45) is 0.658. The number of nitrogens with zero attached hydrogens (tertiary/aromatic N) is 1. The Labute approximate surface area is 106 Å². The Kier molecular flexibility index (Phi) is 5.09. The molecule has 1 fully saturated rings. The van der Waals surface area contributed by atoms with Crippen LogP contribution in [0.3, 0.4) is 0 Å². The molecule has 18 heavy (non-hydrogen) atoms. The van der Waals surface area contributed by atoms with Crippen LogP contribution in [-0.2, 0) is 19.6 Å². The van der Waals surface area contributed by atoms with Crippen molar-refractivity contribution in [1.29, 1.82) is 0 Å². The number of nitrogens with one attached hydrogen (secondary N) is 1. The van der Waals surface area contributed by atoms with Gasteiger partial charge in [-0.1, -0.05) is 6.92 Å². The number of carbonyl (C=O) groups is 2. The van der Waals surface area contributed by atoms with E-state index in [0.29, 0.717) is 13.0 Å². The lowest BCUT2D eigenvalue weighted by molar-refractivity contribution is -0.141. The van der Waals surface area contributed by atoms with E-state index in [-0.39, 0.29) is 31.2 Å². The summed E-state index contributed by atoms with van der Waals surface area (Å²) in [6.45, 7) is 2.17. The predicted molar refractivity (Wildman–Crippen MR) is 64.4 cm³/mol. The van der Waals surface area contributed by atoms with Crippen LogP contribution in [0.2, 0.25) is 0 Å². The number of hydrogen-bond acceptors (Lipinski definition) is 4. The van der Waals surface area contributed by atoms with Gasteiger partial charge >= 0.3 is 5.97 Å². The van der Waals surface area contributed by atoms with Crippen molar-refractivity contribution in [3.63, 3.8) is 0 Å². The SMILES string of the molecule is CC(CNC(=O)CCN1CCCS1(=O)=O)C(=O)O. The fourth-order valence-corrected chi connectivity index (χ4v) is 3.14. The van der Waals surface area contributed by atoms with Gasteiger partial charge in [-0.25, -0.2) is 12.7 Å². The lowest BCUT2D eigenvalue weighted by atomic mass is 10.2. The Morgan fingerprint density at radius 1 is 1.44 bits per heavy atom. The zero-order valence-corrected chi connectivity index (χ0v) is 11.1. The molecular weight excluding hydrogens is 260 g/mol. The van der Waals surface area contributed by atoms with Gasteiger partial charge in [-0.2, -0.15) is 0 Å². The Morgan fingerprint density at radius 2 is 2.11 bits per heavy atom. The molecule has 0 bridgehead atoms. The molecule has 0 saturated carbocycles. The van der Waals surface area contributed by atoms with E-state index in [1.807, 2.05) is 0 Å². The number of carboxylic acid groups (broad SMARTS) is 1. The number of amides is 1. The molecule has 1 aliphatic rings. The third kappa shape index (κ3) is 4.26. The molecule has 1 aliphatic heterocycles. The highest BCUT2D eigenvalue weighted by Crippen LogP contribution is 2.13. The number of carbonyl (C=O) groups excluding carboxylic acids is 1. The van der Waals surface area contributed by atoms with Crippen LogP contribution in [0.25, 0.3) is 0 Å². The average molecular weight is 278 g/mol. The second-order valence-corrected chi connectivity index (χ2v) is 6.45. The average Bonchev–Trinajstić information content (AvgIpc) is 2.62. The Balaban J connectivity index is 2.27. The summed E-state index contributed by atoms with van der Waals surface area (Å²) in [5.41, 5.74) is 0. The quantitative estimate of drug-likeness (QED) is 0.665. The monoisotopic (exact) mass is 278 g/mol. The van der Waals surface area contributed by atoms with Gasteiger partial charge in [0.05, 0.1) is 11.7 Å². The third-order valence-corrected chi connectivity index (χ3v) is 4.77. The molecule has 1 atom stereocenters. The Hall–Kier alpha value is -1.15. The van der Waals surface area contributed by atoms with E-state index in [4.69, 9.17) is 5.11 Å². The fourth-order valence-electron chi connectivity index (χ4n) is 1.61. The van der Waals surface area contributed by atoms with Gasteiger partial charge in [-0.15, -0.1) is 0 Å². The molecule has 0 aromatic carbocycles. The maximum absolute atomic E-state index is 11.4. The van der Waals surface area contributed by atoms with Crippen LogP contribution in [0.1, 0.15) is 19.8 Å². The summed E-state index contributed by atoms with van der Waals surface area (Å²) < 4.78 is 24.2. The summed E-state index contributed by atoms with van der Waals surface area (Å²) >= 11 is 0. The first-order valence-corrected chi connectivity index (χ1v) is 7.41. The van der Waals surface area contributed by atoms with E-state index in [2.05, 4.69) is 5.32 Å². The van der Waals surface area contributed by atoms with E-state index in [9.17, 15) is 18.0 Å². The van der Waals surface area contributed by atoms with Crippen molar-refractivity contribution in [3.05, 3.63) is 0 Å². The van der Waals surface area contributed by atoms with Crippen molar-refractivity contribution in [1.82, 2.24) is 9.62 Å². The Bertz CT molecular complexity index is 420. The highest BCUT2D eigenvalue weighted by molar-refractivity contribution is 7.89. The summed E-state index contributed by atoms with van der Waals surface area (Å²) in [7, 11) is -3.17. The number of aliphatic carboxylic acids is 1. The van der Waals surface area contributed by atoms with Gasteiger partial charge < -0.3 is 10.4 Å². The van der Waals surface area contributed by atoms with Gasteiger partial charge in [0.25, 0.3) is 0 Å². The molecule has 7 nitrogen and oxygen atoms in total. The van der Waals surface area contributed by atoms with Crippen molar-refractivity contribution in [2.75, 3.05) is 25.4 Å². The van der Waals surface area contributed by atoms with Crippen LogP contribution in [0.4, 0.5) is 0 Å². The van der Waals surface area contributed by atoms with E-state index in [1.54, 1.807) is 0 Å². The third-order valence-electron chi connectivity index (χ3n) is 2.82. The molecular formula is C10H18N2O5S. The molecule has 0 aromatic heterocycles. The smallest absolute Gasteiger partial charge is 0.308 e. The van der Waals surface area contributed by atoms with E-state index in [1.165, 1.54) is 11.2 Å². The molecule has 1 amide bonds. The van der Waals surface area contributed by atoms with Crippen molar-refractivity contribution < 1.29 is 23.1 Å². The molecule has 1 saturated heterocycles. The van der Waals surface area contributed by atoms with Gasteiger partial charge in [-0.05, 0) is 6.42 Å². The first-order chi connectivity index (χ1) is 8.33. The minimum absolute atomic E-state index is 0.0565. The highest BCUT2D eigenvalue weighted by Gasteiger charge is 2.28. The molecule has 0 spiro atoms. The maximum atomic E-state index is 11.4. The van der Waals surface area contributed by atoms with Crippen LogP contribution >= 0.6 is 0 Å². The van der Waals surface area contributed by atoms with Crippen LogP contribution in [0, 0.1) is 5.92 Å². The van der Waals surface area contributed by atoms with E-state index in [0.717, 1.165) is 0 Å². The van der Waals surface area contributed by atoms with Crippen LogP contribution in [0.5, 0.6) is 0 Å². The largest absolute Gasteiger partial charge is 0.481 e. The van der Waals surface area contributed by atoms with Gasteiger partial charge in [-0.3, -0.25) is 9.59 Å². The predicted octanol–water partition coefficient (Wildman–Crippen LogP) is -0.751. The number of rotatable bonds is 6. The van der Waals surface area contributed by atoms with Gasteiger partial charge in [0.15, 0.2) is 0 Å². The van der Waals surface area contributed by atoms with E-state index >= 15 is 0 Å². The molecule has 0 aliphatic carbocycles. The lowest BCUT2D eigenvalue weighted by Crippen LogP contribution is -2.35. The van der Waals surface area contributed by atoms with Crippen molar-refractivity contribution in [2.24, 2.45) is 5.92 Å². The first-order valence-electron chi connectivity index (χ1n) is 5.80. The molecule has 1 rings (SSSR count). The van der Waals surface area contributed by atoms with Gasteiger partial charge in [0, 0.05) is 26.1 Å². The molecule has 1 unspecified atom stereocenters. The molecule has 8 heteroatoms. The fraction of sp³-hybridized carbons (Fsp3) is 0.800. The zero-order chi connectivity index (χ0) is 13.8.